The number of nitrogens with two attached hydrogens (primary N) is 1. The maximum Gasteiger partial charge on any atom is 0.416 e. The van der Waals surface area contributed by atoms with E-state index in [1.165, 1.54) is 12.1 Å². The highest BCUT2D eigenvalue weighted by molar-refractivity contribution is 5.30. The first-order valence-corrected chi connectivity index (χ1v) is 5.46. The van der Waals surface area contributed by atoms with Crippen LogP contribution in [0.15, 0.2) is 24.3 Å². The van der Waals surface area contributed by atoms with E-state index in [0.29, 0.717) is 26.1 Å². The number of ether oxygens (including phenoxy) is 1. The van der Waals surface area contributed by atoms with E-state index in [9.17, 15) is 13.2 Å². The second-order valence-corrected chi connectivity index (χ2v) is 4.34. The van der Waals surface area contributed by atoms with E-state index in [1.807, 2.05) is 0 Å². The maximum atomic E-state index is 12.4. The van der Waals surface area contributed by atoms with Crippen LogP contribution in [0.25, 0.3) is 0 Å². The normalized spacial score (nSPS) is 20.2. The van der Waals surface area contributed by atoms with Gasteiger partial charge in [0.25, 0.3) is 0 Å². The van der Waals surface area contributed by atoms with Crippen molar-refractivity contribution >= 4 is 0 Å². The summed E-state index contributed by atoms with van der Waals surface area (Å²) in [4.78, 5) is 0. The van der Waals surface area contributed by atoms with Gasteiger partial charge < -0.3 is 10.5 Å². The van der Waals surface area contributed by atoms with Crippen molar-refractivity contribution in [3.63, 3.8) is 0 Å². The quantitative estimate of drug-likeness (QED) is 0.825. The first-order valence-electron chi connectivity index (χ1n) is 5.46. The highest BCUT2D eigenvalue weighted by Crippen LogP contribution is 2.33. The predicted molar refractivity (Wildman–Crippen MR) is 57.4 cm³/mol. The average Bonchev–Trinajstić information content (AvgIpc) is 2.29. The summed E-state index contributed by atoms with van der Waals surface area (Å²) in [6.45, 7) is 1.11. The molecular formula is C12H14F3NO. The molecule has 1 saturated heterocycles. The Hall–Kier alpha value is -1.07. The van der Waals surface area contributed by atoms with Gasteiger partial charge >= 0.3 is 6.18 Å². The Kier molecular flexibility index (Phi) is 3.14. The van der Waals surface area contributed by atoms with Crippen LogP contribution in [0.2, 0.25) is 0 Å². The Bertz CT molecular complexity index is 380. The van der Waals surface area contributed by atoms with E-state index in [0.717, 1.165) is 17.7 Å². The van der Waals surface area contributed by atoms with E-state index in [4.69, 9.17) is 10.5 Å². The second kappa shape index (κ2) is 4.31. The average molecular weight is 245 g/mol. The molecule has 0 saturated carbocycles. The Morgan fingerprint density at radius 1 is 1.06 bits per heavy atom. The zero-order chi connectivity index (χ0) is 12.5. The zero-order valence-electron chi connectivity index (χ0n) is 9.26. The van der Waals surface area contributed by atoms with Crippen molar-refractivity contribution in [2.75, 3.05) is 13.2 Å². The molecule has 1 aromatic carbocycles. The van der Waals surface area contributed by atoms with Crippen molar-refractivity contribution in [1.29, 1.82) is 0 Å². The monoisotopic (exact) mass is 245 g/mol. The van der Waals surface area contributed by atoms with Crippen LogP contribution in [-0.4, -0.2) is 13.2 Å². The molecule has 1 aliphatic rings. The van der Waals surface area contributed by atoms with Crippen LogP contribution in [0.4, 0.5) is 13.2 Å². The van der Waals surface area contributed by atoms with E-state index in [-0.39, 0.29) is 0 Å². The molecule has 5 heteroatoms. The zero-order valence-corrected chi connectivity index (χ0v) is 9.26. The Morgan fingerprint density at radius 2 is 1.59 bits per heavy atom. The Morgan fingerprint density at radius 3 is 2.06 bits per heavy atom. The van der Waals surface area contributed by atoms with Crippen LogP contribution >= 0.6 is 0 Å². The summed E-state index contributed by atoms with van der Waals surface area (Å²) >= 11 is 0. The van der Waals surface area contributed by atoms with Gasteiger partial charge in [-0.2, -0.15) is 13.2 Å². The molecule has 2 rings (SSSR count). The van der Waals surface area contributed by atoms with Crippen molar-refractivity contribution in [3.05, 3.63) is 35.4 Å². The molecule has 2 N–H and O–H groups in total. The third-order valence-corrected chi connectivity index (χ3v) is 3.17. The summed E-state index contributed by atoms with van der Waals surface area (Å²) in [5, 5.41) is 0. The fourth-order valence-corrected chi connectivity index (χ4v) is 2.02. The maximum absolute atomic E-state index is 12.4. The highest BCUT2D eigenvalue weighted by Gasteiger charge is 2.33. The van der Waals surface area contributed by atoms with Gasteiger partial charge in [-0.25, -0.2) is 0 Å². The Balaban J connectivity index is 2.23. The highest BCUT2D eigenvalue weighted by atomic mass is 19.4. The lowest BCUT2D eigenvalue weighted by molar-refractivity contribution is -0.137. The standard InChI is InChI=1S/C12H14F3NO/c13-12(14,15)10-3-1-9(2-4-10)11(16)5-7-17-8-6-11/h1-4H,5-8,16H2. The SMILES string of the molecule is NC1(c2ccc(C(F)(F)F)cc2)CCOCC1. The molecule has 1 aliphatic heterocycles. The third-order valence-electron chi connectivity index (χ3n) is 3.17. The minimum atomic E-state index is -4.30. The summed E-state index contributed by atoms with van der Waals surface area (Å²) in [6, 6.07) is 5.10. The molecule has 2 nitrogen and oxygen atoms in total. The van der Waals surface area contributed by atoms with Crippen LogP contribution in [0.1, 0.15) is 24.0 Å². The van der Waals surface area contributed by atoms with Crippen LogP contribution in [-0.2, 0) is 16.5 Å². The molecule has 0 radical (unpaired) electrons. The molecular weight excluding hydrogens is 231 g/mol. The van der Waals surface area contributed by atoms with Gasteiger partial charge in [-0.3, -0.25) is 0 Å². The lowest BCUT2D eigenvalue weighted by Crippen LogP contribution is -2.42. The van der Waals surface area contributed by atoms with Crippen LogP contribution in [0.3, 0.4) is 0 Å². The van der Waals surface area contributed by atoms with Crippen LogP contribution < -0.4 is 5.73 Å². The minimum absolute atomic E-state index is 0.553. The van der Waals surface area contributed by atoms with Gasteiger partial charge in [0.1, 0.15) is 0 Å². The van der Waals surface area contributed by atoms with E-state index < -0.39 is 17.3 Å². The first-order chi connectivity index (χ1) is 7.92. The minimum Gasteiger partial charge on any atom is -0.381 e. The van der Waals surface area contributed by atoms with Crippen LogP contribution in [0.5, 0.6) is 0 Å². The van der Waals surface area contributed by atoms with Crippen molar-refractivity contribution in [2.24, 2.45) is 5.73 Å². The lowest BCUT2D eigenvalue weighted by atomic mass is 9.83. The van der Waals surface area contributed by atoms with Gasteiger partial charge in [0.15, 0.2) is 0 Å². The van der Waals surface area contributed by atoms with E-state index in [2.05, 4.69) is 0 Å². The van der Waals surface area contributed by atoms with Gasteiger partial charge in [-0.15, -0.1) is 0 Å². The summed E-state index contributed by atoms with van der Waals surface area (Å²) in [7, 11) is 0. The first kappa shape index (κ1) is 12.4. The molecule has 1 fully saturated rings. The van der Waals surface area contributed by atoms with Crippen LogP contribution in [0, 0.1) is 0 Å². The molecule has 0 unspecified atom stereocenters. The number of alkyl halides is 3. The number of hydrogen-bond acceptors (Lipinski definition) is 2. The number of rotatable bonds is 1. The molecule has 0 aliphatic carbocycles. The molecule has 1 aromatic rings. The van der Waals surface area contributed by atoms with E-state index >= 15 is 0 Å². The molecule has 1 heterocycles. The predicted octanol–water partition coefficient (Wildman–Crippen LogP) is 2.67. The van der Waals surface area contributed by atoms with Crippen molar-refractivity contribution < 1.29 is 17.9 Å². The fraction of sp³-hybridized carbons (Fsp3) is 0.500. The lowest BCUT2D eigenvalue weighted by Gasteiger charge is -2.34. The molecule has 0 atom stereocenters. The molecule has 0 amide bonds. The molecule has 0 aromatic heterocycles. The van der Waals surface area contributed by atoms with Gasteiger partial charge in [0, 0.05) is 18.8 Å². The number of halogens is 3. The molecule has 94 valence electrons. The van der Waals surface area contributed by atoms with Crippen molar-refractivity contribution in [2.45, 2.75) is 24.6 Å². The molecule has 17 heavy (non-hydrogen) atoms. The largest absolute Gasteiger partial charge is 0.416 e. The van der Waals surface area contributed by atoms with Gasteiger partial charge in [-0.05, 0) is 30.5 Å². The van der Waals surface area contributed by atoms with Crippen molar-refractivity contribution in [1.82, 2.24) is 0 Å². The number of benzene rings is 1. The van der Waals surface area contributed by atoms with Gasteiger partial charge in [0.2, 0.25) is 0 Å². The molecule has 0 spiro atoms. The Labute approximate surface area is 97.6 Å². The smallest absolute Gasteiger partial charge is 0.381 e. The fourth-order valence-electron chi connectivity index (χ4n) is 2.02. The van der Waals surface area contributed by atoms with Gasteiger partial charge in [-0.1, -0.05) is 12.1 Å². The summed E-state index contributed by atoms with van der Waals surface area (Å²) in [5.74, 6) is 0. The topological polar surface area (TPSA) is 35.2 Å². The molecule has 0 bridgehead atoms. The summed E-state index contributed by atoms with van der Waals surface area (Å²) in [6.07, 6.45) is -3.02. The van der Waals surface area contributed by atoms with E-state index in [1.54, 1.807) is 0 Å². The third kappa shape index (κ3) is 2.61. The van der Waals surface area contributed by atoms with Gasteiger partial charge in [0.05, 0.1) is 5.56 Å². The number of hydrogen-bond donors (Lipinski definition) is 1. The second-order valence-electron chi connectivity index (χ2n) is 4.34. The summed E-state index contributed by atoms with van der Waals surface area (Å²) < 4.78 is 42.4. The van der Waals surface area contributed by atoms with Crippen molar-refractivity contribution in [3.8, 4) is 0 Å². The summed E-state index contributed by atoms with van der Waals surface area (Å²) in [5.41, 5.74) is 5.73.